The van der Waals surface area contributed by atoms with Crippen LogP contribution in [0.25, 0.3) is 0 Å². The maximum Gasteiger partial charge on any atom is 0.150 e. The molecule has 2 atom stereocenters. The van der Waals surface area contributed by atoms with Gasteiger partial charge in [0, 0.05) is 19.6 Å². The monoisotopic (exact) mass is 287 g/mol. The van der Waals surface area contributed by atoms with E-state index >= 15 is 0 Å². The summed E-state index contributed by atoms with van der Waals surface area (Å²) in [4.78, 5) is 4.22. The summed E-state index contributed by atoms with van der Waals surface area (Å²) in [6.07, 6.45) is 3.73. The third-order valence-electron chi connectivity index (χ3n) is 3.74. The fraction of sp³-hybridized carbons (Fsp3) is 0.833. The van der Waals surface area contributed by atoms with Gasteiger partial charge in [0.15, 0.2) is 9.84 Å². The van der Waals surface area contributed by atoms with Gasteiger partial charge in [0.2, 0.25) is 0 Å². The minimum Gasteiger partial charge on any atom is -0.396 e. The molecule has 1 aliphatic rings. The van der Waals surface area contributed by atoms with Crippen LogP contribution < -0.4 is 0 Å². The molecule has 1 aromatic rings. The summed E-state index contributed by atoms with van der Waals surface area (Å²) in [5.74, 6) is 1.28. The smallest absolute Gasteiger partial charge is 0.150 e. The lowest BCUT2D eigenvalue weighted by Crippen LogP contribution is -2.24. The highest BCUT2D eigenvalue weighted by Gasteiger charge is 2.34. The standard InChI is InChI=1S/C12H21N3O3S/c1-2-4-15-12(13-9-14-15)6-11(7-16)10-3-5-19(17,18)8-10/h9-11,16H,2-8H2,1H3. The van der Waals surface area contributed by atoms with Crippen molar-refractivity contribution in [2.45, 2.75) is 32.7 Å². The molecule has 0 amide bonds. The molecule has 1 fully saturated rings. The van der Waals surface area contributed by atoms with E-state index < -0.39 is 9.84 Å². The van der Waals surface area contributed by atoms with Crippen LogP contribution in [-0.4, -0.2) is 46.4 Å². The molecule has 0 radical (unpaired) electrons. The Labute approximate surface area is 113 Å². The lowest BCUT2D eigenvalue weighted by molar-refractivity contribution is 0.180. The van der Waals surface area contributed by atoms with Gasteiger partial charge in [0.1, 0.15) is 12.2 Å². The van der Waals surface area contributed by atoms with Crippen LogP contribution in [0.3, 0.4) is 0 Å². The highest BCUT2D eigenvalue weighted by Crippen LogP contribution is 2.28. The molecule has 0 aromatic carbocycles. The lowest BCUT2D eigenvalue weighted by Gasteiger charge is -2.19. The number of sulfone groups is 1. The Bertz CT molecular complexity index is 512. The van der Waals surface area contributed by atoms with Crippen LogP contribution in [0, 0.1) is 11.8 Å². The van der Waals surface area contributed by atoms with E-state index in [9.17, 15) is 13.5 Å². The molecule has 1 N–H and O–H groups in total. The van der Waals surface area contributed by atoms with Crippen molar-refractivity contribution in [3.8, 4) is 0 Å². The Morgan fingerprint density at radius 3 is 2.95 bits per heavy atom. The number of aliphatic hydroxyl groups is 1. The van der Waals surface area contributed by atoms with Gasteiger partial charge in [-0.3, -0.25) is 4.68 Å². The SMILES string of the molecule is CCCn1ncnc1CC(CO)C1CCS(=O)(=O)C1. The summed E-state index contributed by atoms with van der Waals surface area (Å²) < 4.78 is 24.9. The van der Waals surface area contributed by atoms with E-state index in [0.29, 0.717) is 12.8 Å². The Balaban J connectivity index is 2.05. The Kier molecular flexibility index (Phi) is 4.57. The van der Waals surface area contributed by atoms with Gasteiger partial charge < -0.3 is 5.11 Å². The summed E-state index contributed by atoms with van der Waals surface area (Å²) in [6, 6.07) is 0. The molecule has 2 rings (SSSR count). The fourth-order valence-electron chi connectivity index (χ4n) is 2.66. The number of aliphatic hydroxyl groups excluding tert-OH is 1. The molecule has 0 saturated carbocycles. The van der Waals surface area contributed by atoms with Gasteiger partial charge in [0.05, 0.1) is 11.5 Å². The molecule has 19 heavy (non-hydrogen) atoms. The van der Waals surface area contributed by atoms with Gasteiger partial charge in [-0.05, 0) is 24.7 Å². The number of hydrogen-bond acceptors (Lipinski definition) is 5. The lowest BCUT2D eigenvalue weighted by atomic mass is 9.89. The van der Waals surface area contributed by atoms with E-state index in [1.165, 1.54) is 6.33 Å². The third-order valence-corrected chi connectivity index (χ3v) is 5.54. The summed E-state index contributed by atoms with van der Waals surface area (Å²) in [5, 5.41) is 13.7. The number of aryl methyl sites for hydroxylation is 1. The van der Waals surface area contributed by atoms with E-state index in [2.05, 4.69) is 17.0 Å². The van der Waals surface area contributed by atoms with Gasteiger partial charge >= 0.3 is 0 Å². The molecule has 0 aliphatic carbocycles. The number of rotatable bonds is 6. The first-order valence-electron chi connectivity index (χ1n) is 6.73. The molecular formula is C12H21N3O3S. The minimum absolute atomic E-state index is 0.000822. The number of nitrogens with zero attached hydrogens (tertiary/aromatic N) is 3. The van der Waals surface area contributed by atoms with Crippen LogP contribution in [0.2, 0.25) is 0 Å². The van der Waals surface area contributed by atoms with Crippen molar-refractivity contribution in [3.63, 3.8) is 0 Å². The summed E-state index contributed by atoms with van der Waals surface area (Å²) >= 11 is 0. The maximum atomic E-state index is 11.5. The zero-order chi connectivity index (χ0) is 13.9. The van der Waals surface area contributed by atoms with Crippen LogP contribution in [-0.2, 0) is 22.8 Å². The Morgan fingerprint density at radius 1 is 1.58 bits per heavy atom. The van der Waals surface area contributed by atoms with Gasteiger partial charge in [-0.1, -0.05) is 6.92 Å². The largest absolute Gasteiger partial charge is 0.396 e. The molecule has 0 spiro atoms. The summed E-state index contributed by atoms with van der Waals surface area (Å²) in [5.41, 5.74) is 0. The highest BCUT2D eigenvalue weighted by atomic mass is 32.2. The van der Waals surface area contributed by atoms with Crippen molar-refractivity contribution in [1.82, 2.24) is 14.8 Å². The molecule has 1 aromatic heterocycles. The van der Waals surface area contributed by atoms with Gasteiger partial charge in [0.25, 0.3) is 0 Å². The van der Waals surface area contributed by atoms with E-state index in [1.54, 1.807) is 0 Å². The van der Waals surface area contributed by atoms with Crippen molar-refractivity contribution in [2.24, 2.45) is 11.8 Å². The molecule has 2 unspecified atom stereocenters. The average Bonchev–Trinajstić information content (AvgIpc) is 2.93. The van der Waals surface area contributed by atoms with Crippen LogP contribution >= 0.6 is 0 Å². The van der Waals surface area contributed by atoms with Crippen LogP contribution in [0.15, 0.2) is 6.33 Å². The van der Waals surface area contributed by atoms with Crippen molar-refractivity contribution < 1.29 is 13.5 Å². The van der Waals surface area contributed by atoms with E-state index in [0.717, 1.165) is 18.8 Å². The highest BCUT2D eigenvalue weighted by molar-refractivity contribution is 7.91. The van der Waals surface area contributed by atoms with Crippen molar-refractivity contribution in [3.05, 3.63) is 12.2 Å². The topological polar surface area (TPSA) is 85.1 Å². The first-order valence-corrected chi connectivity index (χ1v) is 8.56. The minimum atomic E-state index is -2.90. The number of aromatic nitrogens is 3. The average molecular weight is 287 g/mol. The molecular weight excluding hydrogens is 266 g/mol. The first-order chi connectivity index (χ1) is 9.05. The Hall–Kier alpha value is -0.950. The molecule has 108 valence electrons. The predicted octanol–water partition coefficient (Wildman–Crippen LogP) is 0.274. The quantitative estimate of drug-likeness (QED) is 0.812. The summed E-state index contributed by atoms with van der Waals surface area (Å²) in [7, 11) is -2.90. The molecule has 2 heterocycles. The van der Waals surface area contributed by atoms with E-state index in [-0.39, 0.29) is 29.9 Å². The first kappa shape index (κ1) is 14.5. The molecule has 7 heteroatoms. The van der Waals surface area contributed by atoms with Crippen molar-refractivity contribution in [2.75, 3.05) is 18.1 Å². The molecule has 1 aliphatic heterocycles. The zero-order valence-electron chi connectivity index (χ0n) is 11.2. The molecule has 1 saturated heterocycles. The normalized spacial score (nSPS) is 23.6. The van der Waals surface area contributed by atoms with Crippen LogP contribution in [0.1, 0.15) is 25.6 Å². The zero-order valence-corrected chi connectivity index (χ0v) is 12.0. The van der Waals surface area contributed by atoms with Crippen molar-refractivity contribution >= 4 is 9.84 Å². The van der Waals surface area contributed by atoms with Crippen molar-refractivity contribution in [1.29, 1.82) is 0 Å². The maximum absolute atomic E-state index is 11.5. The van der Waals surface area contributed by atoms with Gasteiger partial charge in [-0.15, -0.1) is 0 Å². The van der Waals surface area contributed by atoms with Crippen LogP contribution in [0.4, 0.5) is 0 Å². The second kappa shape index (κ2) is 6.00. The summed E-state index contributed by atoms with van der Waals surface area (Å²) in [6.45, 7) is 2.87. The fourth-order valence-corrected chi connectivity index (χ4v) is 4.57. The third kappa shape index (κ3) is 3.54. The van der Waals surface area contributed by atoms with E-state index in [1.807, 2.05) is 4.68 Å². The Morgan fingerprint density at radius 2 is 2.37 bits per heavy atom. The van der Waals surface area contributed by atoms with Crippen LogP contribution in [0.5, 0.6) is 0 Å². The second-order valence-corrected chi connectivity index (χ2v) is 7.44. The molecule has 0 bridgehead atoms. The molecule has 6 nitrogen and oxygen atoms in total. The van der Waals surface area contributed by atoms with Gasteiger partial charge in [-0.2, -0.15) is 5.10 Å². The van der Waals surface area contributed by atoms with E-state index in [4.69, 9.17) is 0 Å². The number of hydrogen-bond donors (Lipinski definition) is 1. The second-order valence-electron chi connectivity index (χ2n) is 5.21. The predicted molar refractivity (Wildman–Crippen MR) is 71.4 cm³/mol. The van der Waals surface area contributed by atoms with Gasteiger partial charge in [-0.25, -0.2) is 13.4 Å².